The first-order chi connectivity index (χ1) is 20.8. The standard InChI is InChI=1S/C32H33N5O5S/c1-3-41-31(38)17-24-7-5-6-8-30(24)42-20-29-27-16-23(22-10-9-21-13-14-34-32(33)26(21)15-22)11-12-28(27)35-37(29)25-18-36(19-25)43(39,40)4-2/h5-16,25H,3-4,17-20H2,1-2H3,(H2,33,34). The van der Waals surface area contributed by atoms with E-state index in [-0.39, 0.29) is 30.8 Å². The highest BCUT2D eigenvalue weighted by atomic mass is 32.2. The number of para-hydroxylation sites is 1. The Morgan fingerprint density at radius 2 is 1.74 bits per heavy atom. The summed E-state index contributed by atoms with van der Waals surface area (Å²) in [4.78, 5) is 16.5. The molecular formula is C32H33N5O5S. The predicted molar refractivity (Wildman–Crippen MR) is 166 cm³/mol. The summed E-state index contributed by atoms with van der Waals surface area (Å²) in [6, 6.07) is 21.4. The van der Waals surface area contributed by atoms with Gasteiger partial charge >= 0.3 is 5.97 Å². The number of nitrogen functional groups attached to an aromatic ring is 1. The molecule has 0 aliphatic carbocycles. The maximum atomic E-state index is 12.4. The highest BCUT2D eigenvalue weighted by molar-refractivity contribution is 7.89. The van der Waals surface area contributed by atoms with Crippen molar-refractivity contribution in [2.45, 2.75) is 32.9 Å². The Morgan fingerprint density at radius 1 is 1.00 bits per heavy atom. The van der Waals surface area contributed by atoms with E-state index in [0.717, 1.165) is 44.1 Å². The Hall–Kier alpha value is -4.48. The molecule has 0 unspecified atom stereocenters. The normalized spacial score (nSPS) is 14.2. The van der Waals surface area contributed by atoms with Gasteiger partial charge in [0.25, 0.3) is 0 Å². The third kappa shape index (κ3) is 5.65. The minimum absolute atomic E-state index is 0.0587. The van der Waals surface area contributed by atoms with E-state index in [0.29, 0.717) is 31.3 Å². The quantitative estimate of drug-likeness (QED) is 0.228. The Labute approximate surface area is 250 Å². The molecule has 3 heterocycles. The number of aromatic nitrogens is 3. The Bertz CT molecular complexity index is 1930. The first kappa shape index (κ1) is 28.6. The zero-order chi connectivity index (χ0) is 30.1. The topological polar surface area (TPSA) is 130 Å². The van der Waals surface area contributed by atoms with E-state index in [1.54, 1.807) is 20.0 Å². The average Bonchev–Trinajstić information content (AvgIpc) is 3.33. The molecule has 43 heavy (non-hydrogen) atoms. The Morgan fingerprint density at radius 3 is 2.51 bits per heavy atom. The smallest absolute Gasteiger partial charge is 0.310 e. The molecule has 1 aliphatic rings. The van der Waals surface area contributed by atoms with Gasteiger partial charge in [-0.25, -0.2) is 13.4 Å². The van der Waals surface area contributed by atoms with Gasteiger partial charge in [0, 0.05) is 35.6 Å². The third-order valence-corrected chi connectivity index (χ3v) is 9.65. The van der Waals surface area contributed by atoms with Crippen LogP contribution in [0.2, 0.25) is 0 Å². The van der Waals surface area contributed by atoms with Gasteiger partial charge in [0.1, 0.15) is 18.2 Å². The largest absolute Gasteiger partial charge is 0.487 e. The van der Waals surface area contributed by atoms with Crippen molar-refractivity contribution in [3.05, 3.63) is 84.2 Å². The van der Waals surface area contributed by atoms with Crippen LogP contribution in [0, 0.1) is 0 Å². The first-order valence-corrected chi connectivity index (χ1v) is 15.9. The average molecular weight is 600 g/mol. The van der Waals surface area contributed by atoms with E-state index in [4.69, 9.17) is 20.3 Å². The second-order valence-electron chi connectivity index (χ2n) is 10.5. The van der Waals surface area contributed by atoms with Gasteiger partial charge in [0.05, 0.1) is 36.0 Å². The highest BCUT2D eigenvalue weighted by Gasteiger charge is 2.37. The number of sulfonamides is 1. The maximum absolute atomic E-state index is 12.4. The SMILES string of the molecule is CCOC(=O)Cc1ccccc1OCc1c2cc(-c3ccc4ccnc(N)c4c3)ccc2nn1C1CN(S(=O)(=O)CC)C1. The number of ether oxygens (including phenoxy) is 2. The summed E-state index contributed by atoms with van der Waals surface area (Å²) in [5, 5.41) is 7.68. The molecule has 2 N–H and O–H groups in total. The van der Waals surface area contributed by atoms with Crippen LogP contribution < -0.4 is 10.5 Å². The first-order valence-electron chi connectivity index (χ1n) is 14.3. The number of benzene rings is 3. The van der Waals surface area contributed by atoms with E-state index in [2.05, 4.69) is 17.1 Å². The van der Waals surface area contributed by atoms with Crippen LogP contribution in [0.3, 0.4) is 0 Å². The molecule has 0 bridgehead atoms. The zero-order valence-corrected chi connectivity index (χ0v) is 24.9. The van der Waals surface area contributed by atoms with Crippen molar-refractivity contribution in [2.24, 2.45) is 0 Å². The molecule has 0 spiro atoms. The minimum atomic E-state index is -3.28. The molecule has 1 fully saturated rings. The lowest BCUT2D eigenvalue weighted by molar-refractivity contribution is -0.142. The van der Waals surface area contributed by atoms with Gasteiger partial charge in [-0.3, -0.25) is 9.48 Å². The summed E-state index contributed by atoms with van der Waals surface area (Å²) < 4.78 is 39.7. The number of carbonyl (C=O) groups is 1. The number of hydrogen-bond donors (Lipinski definition) is 1. The van der Waals surface area contributed by atoms with Crippen molar-refractivity contribution < 1.29 is 22.7 Å². The molecule has 6 rings (SSSR count). The molecule has 0 atom stereocenters. The highest BCUT2D eigenvalue weighted by Crippen LogP contribution is 2.34. The number of carbonyl (C=O) groups excluding carboxylic acids is 1. The molecule has 2 aromatic heterocycles. The molecule has 10 nitrogen and oxygen atoms in total. The van der Waals surface area contributed by atoms with Crippen molar-refractivity contribution in [3.63, 3.8) is 0 Å². The molecule has 1 saturated heterocycles. The molecule has 0 radical (unpaired) electrons. The van der Waals surface area contributed by atoms with Crippen LogP contribution in [-0.4, -0.2) is 58.9 Å². The molecule has 5 aromatic rings. The fraction of sp³-hybridized carbons (Fsp3) is 0.281. The van der Waals surface area contributed by atoms with E-state index in [1.165, 1.54) is 4.31 Å². The monoisotopic (exact) mass is 599 g/mol. The molecule has 11 heteroatoms. The molecular weight excluding hydrogens is 566 g/mol. The molecule has 1 aliphatic heterocycles. The maximum Gasteiger partial charge on any atom is 0.310 e. The lowest BCUT2D eigenvalue weighted by atomic mass is 10.00. The summed E-state index contributed by atoms with van der Waals surface area (Å²) in [6.07, 6.45) is 1.79. The number of nitrogens with zero attached hydrogens (tertiary/aromatic N) is 4. The molecule has 222 valence electrons. The number of fused-ring (bicyclic) bond motifs is 2. The second-order valence-corrected chi connectivity index (χ2v) is 12.8. The summed E-state index contributed by atoms with van der Waals surface area (Å²) in [5.74, 6) is 0.786. The van der Waals surface area contributed by atoms with Gasteiger partial charge in [-0.05, 0) is 60.7 Å². The minimum Gasteiger partial charge on any atom is -0.487 e. The van der Waals surface area contributed by atoms with Crippen LogP contribution in [0.4, 0.5) is 5.82 Å². The van der Waals surface area contributed by atoms with Crippen molar-refractivity contribution in [3.8, 4) is 16.9 Å². The zero-order valence-electron chi connectivity index (χ0n) is 24.1. The van der Waals surface area contributed by atoms with E-state index < -0.39 is 10.0 Å². The van der Waals surface area contributed by atoms with Crippen LogP contribution >= 0.6 is 0 Å². The van der Waals surface area contributed by atoms with Crippen LogP contribution in [0.25, 0.3) is 32.8 Å². The van der Waals surface area contributed by atoms with Gasteiger partial charge in [0.15, 0.2) is 0 Å². The molecule has 0 amide bonds. The lowest BCUT2D eigenvalue weighted by Gasteiger charge is -2.38. The van der Waals surface area contributed by atoms with Crippen LogP contribution in [0.1, 0.15) is 31.1 Å². The number of nitrogens with two attached hydrogens (primary N) is 1. The number of rotatable bonds is 10. The van der Waals surface area contributed by atoms with Crippen LogP contribution in [0.15, 0.2) is 72.9 Å². The fourth-order valence-electron chi connectivity index (χ4n) is 5.44. The lowest BCUT2D eigenvalue weighted by Crippen LogP contribution is -2.51. The fourth-order valence-corrected chi connectivity index (χ4v) is 6.60. The van der Waals surface area contributed by atoms with Crippen molar-refractivity contribution >= 4 is 43.5 Å². The molecule has 3 aromatic carbocycles. The van der Waals surface area contributed by atoms with Crippen molar-refractivity contribution in [1.29, 1.82) is 0 Å². The van der Waals surface area contributed by atoms with Crippen molar-refractivity contribution in [1.82, 2.24) is 19.1 Å². The van der Waals surface area contributed by atoms with Gasteiger partial charge in [0.2, 0.25) is 10.0 Å². The van der Waals surface area contributed by atoms with E-state index in [9.17, 15) is 13.2 Å². The van der Waals surface area contributed by atoms with Crippen molar-refractivity contribution in [2.75, 3.05) is 31.2 Å². The van der Waals surface area contributed by atoms with E-state index >= 15 is 0 Å². The van der Waals surface area contributed by atoms with Gasteiger partial charge in [-0.2, -0.15) is 9.40 Å². The van der Waals surface area contributed by atoms with E-state index in [1.807, 2.05) is 59.3 Å². The Balaban J connectivity index is 1.37. The van der Waals surface area contributed by atoms with Crippen LogP contribution in [0.5, 0.6) is 5.75 Å². The summed E-state index contributed by atoms with van der Waals surface area (Å²) >= 11 is 0. The van der Waals surface area contributed by atoms with Gasteiger partial charge in [-0.15, -0.1) is 0 Å². The van der Waals surface area contributed by atoms with Gasteiger partial charge in [-0.1, -0.05) is 36.4 Å². The number of anilines is 1. The number of esters is 1. The predicted octanol–water partition coefficient (Wildman–Crippen LogP) is 4.72. The number of pyridine rings is 1. The third-order valence-electron chi connectivity index (χ3n) is 7.84. The summed E-state index contributed by atoms with van der Waals surface area (Å²) in [6.45, 7) is 4.60. The second kappa shape index (κ2) is 11.7. The number of hydrogen-bond acceptors (Lipinski definition) is 8. The molecule has 0 saturated carbocycles. The summed E-state index contributed by atoms with van der Waals surface area (Å²) in [5.41, 5.74) is 10.5. The Kier molecular flexibility index (Phi) is 7.76. The van der Waals surface area contributed by atoms with Crippen LogP contribution in [-0.2, 0) is 32.6 Å². The summed E-state index contributed by atoms with van der Waals surface area (Å²) in [7, 11) is -3.28. The van der Waals surface area contributed by atoms with Gasteiger partial charge < -0.3 is 15.2 Å².